The number of anilines is 1. The van der Waals surface area contributed by atoms with Crippen LogP contribution in [0.1, 0.15) is 43.4 Å². The average molecular weight is 553 g/mol. The molecule has 7 nitrogen and oxygen atoms in total. The number of hydrogen-bond acceptors (Lipinski definition) is 4. The van der Waals surface area contributed by atoms with E-state index >= 15 is 0 Å². The number of amides is 2. The molecule has 0 saturated carbocycles. The van der Waals surface area contributed by atoms with E-state index in [1.54, 1.807) is 11.8 Å². The van der Waals surface area contributed by atoms with Crippen LogP contribution in [-0.4, -0.2) is 50.5 Å². The van der Waals surface area contributed by atoms with Crippen molar-refractivity contribution in [2.45, 2.75) is 53.1 Å². The Bertz CT molecular complexity index is 1100. The van der Waals surface area contributed by atoms with Gasteiger partial charge in [-0.3, -0.25) is 13.9 Å². The van der Waals surface area contributed by atoms with Gasteiger partial charge in [0.25, 0.3) is 0 Å². The normalized spacial score (nSPS) is 12.2. The maximum atomic E-state index is 13.2. The molecule has 0 saturated heterocycles. The third kappa shape index (κ3) is 7.84. The van der Waals surface area contributed by atoms with E-state index in [-0.39, 0.29) is 31.3 Å². The fourth-order valence-corrected chi connectivity index (χ4v) is 4.94. The molecule has 9 heteroatoms. The van der Waals surface area contributed by atoms with Crippen molar-refractivity contribution >= 4 is 43.5 Å². The van der Waals surface area contributed by atoms with Crippen LogP contribution >= 0.6 is 15.9 Å². The maximum absolute atomic E-state index is 13.2. The molecule has 186 valence electrons. The van der Waals surface area contributed by atoms with Crippen molar-refractivity contribution in [3.05, 3.63) is 63.6 Å². The van der Waals surface area contributed by atoms with Crippen LogP contribution in [0, 0.1) is 13.8 Å². The number of nitrogens with one attached hydrogen (secondary N) is 1. The molecule has 34 heavy (non-hydrogen) atoms. The van der Waals surface area contributed by atoms with Gasteiger partial charge in [0.1, 0.15) is 6.04 Å². The van der Waals surface area contributed by atoms with Crippen molar-refractivity contribution < 1.29 is 18.0 Å². The molecule has 0 aliphatic rings. The van der Waals surface area contributed by atoms with Gasteiger partial charge in [-0.25, -0.2) is 8.42 Å². The molecular weight excluding hydrogens is 518 g/mol. The highest BCUT2D eigenvalue weighted by atomic mass is 79.9. The molecule has 0 fully saturated rings. The van der Waals surface area contributed by atoms with Crippen LogP contribution in [0.2, 0.25) is 0 Å². The Labute approximate surface area is 211 Å². The molecule has 1 atom stereocenters. The van der Waals surface area contributed by atoms with Crippen molar-refractivity contribution in [2.24, 2.45) is 0 Å². The Morgan fingerprint density at radius 2 is 1.74 bits per heavy atom. The number of benzene rings is 2. The van der Waals surface area contributed by atoms with Crippen LogP contribution in [0.5, 0.6) is 0 Å². The second-order valence-electron chi connectivity index (χ2n) is 8.45. The number of sulfonamides is 1. The molecular formula is C25H34BrN3O4S. The fraction of sp³-hybridized carbons (Fsp3) is 0.440. The molecule has 1 unspecified atom stereocenters. The van der Waals surface area contributed by atoms with Crippen LogP contribution in [0.3, 0.4) is 0 Å². The first kappa shape index (κ1) is 27.9. The quantitative estimate of drug-likeness (QED) is 0.454. The highest BCUT2D eigenvalue weighted by Crippen LogP contribution is 2.24. The lowest BCUT2D eigenvalue weighted by Crippen LogP contribution is -2.47. The zero-order chi connectivity index (χ0) is 25.5. The standard InChI is InChI=1S/C25H34BrN3O4S/c1-6-27-25(31)20(4)28(17-21-11-13-22(26)14-12-21)24(30)8-7-15-29(34(5,32)33)23-16-18(2)9-10-19(23)3/h9-14,16,20H,6-8,15,17H2,1-5H3,(H,27,31). The van der Waals surface area contributed by atoms with Gasteiger partial charge < -0.3 is 10.2 Å². The predicted octanol–water partition coefficient (Wildman–Crippen LogP) is 4.17. The zero-order valence-electron chi connectivity index (χ0n) is 20.5. The van der Waals surface area contributed by atoms with Crippen molar-refractivity contribution in [2.75, 3.05) is 23.7 Å². The van der Waals surface area contributed by atoms with Gasteiger partial charge in [0, 0.05) is 30.5 Å². The number of aryl methyl sites for hydroxylation is 2. The summed E-state index contributed by atoms with van der Waals surface area (Å²) in [4.78, 5) is 27.3. The Balaban J connectivity index is 2.18. The zero-order valence-corrected chi connectivity index (χ0v) is 22.9. The molecule has 0 aliphatic carbocycles. The number of carbonyl (C=O) groups is 2. The Morgan fingerprint density at radius 3 is 2.32 bits per heavy atom. The fourth-order valence-electron chi connectivity index (χ4n) is 3.66. The first-order chi connectivity index (χ1) is 15.9. The van der Waals surface area contributed by atoms with Crippen molar-refractivity contribution in [3.8, 4) is 0 Å². The summed E-state index contributed by atoms with van der Waals surface area (Å²) in [5.41, 5.74) is 3.34. The summed E-state index contributed by atoms with van der Waals surface area (Å²) in [6.07, 6.45) is 1.63. The molecule has 2 rings (SSSR count). The van der Waals surface area contributed by atoms with Gasteiger partial charge in [-0.2, -0.15) is 0 Å². The van der Waals surface area contributed by atoms with Crippen molar-refractivity contribution in [1.82, 2.24) is 10.2 Å². The SMILES string of the molecule is CCNC(=O)C(C)N(Cc1ccc(Br)cc1)C(=O)CCCN(c1cc(C)ccc1C)S(C)(=O)=O. The smallest absolute Gasteiger partial charge is 0.242 e. The number of nitrogens with zero attached hydrogens (tertiary/aromatic N) is 2. The Morgan fingerprint density at radius 1 is 1.09 bits per heavy atom. The minimum absolute atomic E-state index is 0.122. The highest BCUT2D eigenvalue weighted by Gasteiger charge is 2.26. The van der Waals surface area contributed by atoms with Crippen LogP contribution < -0.4 is 9.62 Å². The number of halogens is 1. The van der Waals surface area contributed by atoms with Crippen molar-refractivity contribution in [1.29, 1.82) is 0 Å². The lowest BCUT2D eigenvalue weighted by molar-refractivity contribution is -0.140. The van der Waals surface area contributed by atoms with Gasteiger partial charge in [-0.05, 0) is 69.0 Å². The van der Waals surface area contributed by atoms with E-state index < -0.39 is 16.1 Å². The van der Waals surface area contributed by atoms with Gasteiger partial charge in [0.2, 0.25) is 21.8 Å². The van der Waals surface area contributed by atoms with E-state index in [0.717, 1.165) is 21.2 Å². The molecule has 2 aromatic carbocycles. The van der Waals surface area contributed by atoms with Gasteiger partial charge in [0.05, 0.1) is 11.9 Å². The van der Waals surface area contributed by atoms with E-state index in [2.05, 4.69) is 21.2 Å². The molecule has 1 N–H and O–H groups in total. The topological polar surface area (TPSA) is 86.8 Å². The third-order valence-corrected chi connectivity index (χ3v) is 7.28. The Kier molecular flexibility index (Phi) is 10.1. The number of carbonyl (C=O) groups excluding carboxylic acids is 2. The van der Waals surface area contributed by atoms with Crippen LogP contribution in [0.15, 0.2) is 46.9 Å². The minimum atomic E-state index is -3.53. The van der Waals surface area contributed by atoms with E-state index in [1.807, 2.05) is 63.2 Å². The predicted molar refractivity (Wildman–Crippen MR) is 140 cm³/mol. The van der Waals surface area contributed by atoms with Gasteiger partial charge >= 0.3 is 0 Å². The van der Waals surface area contributed by atoms with Gasteiger partial charge in [0.15, 0.2) is 0 Å². The first-order valence-electron chi connectivity index (χ1n) is 11.3. The molecule has 0 bridgehead atoms. The van der Waals surface area contributed by atoms with E-state index in [0.29, 0.717) is 18.7 Å². The molecule has 0 spiro atoms. The number of likely N-dealkylation sites (N-methyl/N-ethyl adjacent to an activating group) is 1. The summed E-state index contributed by atoms with van der Waals surface area (Å²) >= 11 is 3.41. The summed E-state index contributed by atoms with van der Waals surface area (Å²) in [5.74, 6) is -0.419. The molecule has 0 heterocycles. The van der Waals surface area contributed by atoms with E-state index in [9.17, 15) is 18.0 Å². The van der Waals surface area contributed by atoms with Gasteiger partial charge in [-0.1, -0.05) is 40.2 Å². The third-order valence-electron chi connectivity index (χ3n) is 5.57. The molecule has 2 aromatic rings. The summed E-state index contributed by atoms with van der Waals surface area (Å²) in [5, 5.41) is 2.77. The van der Waals surface area contributed by atoms with E-state index in [4.69, 9.17) is 0 Å². The van der Waals surface area contributed by atoms with Crippen LogP contribution in [0.4, 0.5) is 5.69 Å². The minimum Gasteiger partial charge on any atom is -0.355 e. The largest absolute Gasteiger partial charge is 0.355 e. The van der Waals surface area contributed by atoms with Gasteiger partial charge in [-0.15, -0.1) is 0 Å². The Hall–Kier alpha value is -2.39. The summed E-state index contributed by atoms with van der Waals surface area (Å²) in [7, 11) is -3.53. The molecule has 0 aromatic heterocycles. The maximum Gasteiger partial charge on any atom is 0.242 e. The molecule has 2 amide bonds. The lowest BCUT2D eigenvalue weighted by atomic mass is 10.1. The highest BCUT2D eigenvalue weighted by molar-refractivity contribution is 9.10. The van der Waals surface area contributed by atoms with Crippen molar-refractivity contribution in [3.63, 3.8) is 0 Å². The monoisotopic (exact) mass is 551 g/mol. The second-order valence-corrected chi connectivity index (χ2v) is 11.3. The summed E-state index contributed by atoms with van der Waals surface area (Å²) in [6, 6.07) is 12.6. The number of rotatable bonds is 11. The second kappa shape index (κ2) is 12.4. The molecule has 0 aliphatic heterocycles. The number of hydrogen-bond donors (Lipinski definition) is 1. The van der Waals surface area contributed by atoms with E-state index in [1.165, 1.54) is 10.6 Å². The summed E-state index contributed by atoms with van der Waals surface area (Å²) in [6.45, 7) is 8.26. The van der Waals surface area contributed by atoms with Crippen LogP contribution in [0.25, 0.3) is 0 Å². The summed E-state index contributed by atoms with van der Waals surface area (Å²) < 4.78 is 27.3. The average Bonchev–Trinajstić information content (AvgIpc) is 2.77. The van der Waals surface area contributed by atoms with Crippen LogP contribution in [-0.2, 0) is 26.2 Å². The first-order valence-corrected chi connectivity index (χ1v) is 13.9. The lowest BCUT2D eigenvalue weighted by Gasteiger charge is -2.29. The molecule has 0 radical (unpaired) electrons.